The summed E-state index contributed by atoms with van der Waals surface area (Å²) in [6.45, 7) is 7.32. The van der Waals surface area contributed by atoms with Crippen LogP contribution in [0, 0.1) is 5.82 Å². The number of nitrogens with one attached hydrogen (secondary N) is 1. The van der Waals surface area contributed by atoms with Gasteiger partial charge in [-0.05, 0) is 42.8 Å². The summed E-state index contributed by atoms with van der Waals surface area (Å²) in [6.07, 6.45) is 2.20. The standard InChI is InChI=1S/C17H20FNS/c1-12(2)19-11-13(3)10-16-8-9-17(20-16)14-4-6-15(18)7-5-14/h4-10,12,19H,11H2,1-3H3. The van der Waals surface area contributed by atoms with Crippen molar-refractivity contribution in [1.29, 1.82) is 0 Å². The van der Waals surface area contributed by atoms with E-state index in [-0.39, 0.29) is 5.82 Å². The Labute approximate surface area is 124 Å². The Kier molecular flexibility index (Phi) is 5.10. The minimum Gasteiger partial charge on any atom is -0.311 e. The molecule has 2 aromatic rings. The first-order chi connectivity index (χ1) is 9.54. The maximum absolute atomic E-state index is 12.9. The van der Waals surface area contributed by atoms with E-state index in [1.165, 1.54) is 27.5 Å². The van der Waals surface area contributed by atoms with Crippen molar-refractivity contribution >= 4 is 17.4 Å². The van der Waals surface area contributed by atoms with Crippen molar-refractivity contribution in [2.45, 2.75) is 26.8 Å². The predicted octanol–water partition coefficient (Wildman–Crippen LogP) is 4.96. The quantitative estimate of drug-likeness (QED) is 0.820. The summed E-state index contributed by atoms with van der Waals surface area (Å²) in [6, 6.07) is 11.3. The Balaban J connectivity index is 2.09. The van der Waals surface area contributed by atoms with Crippen molar-refractivity contribution in [2.24, 2.45) is 0 Å². The molecule has 0 bridgehead atoms. The van der Waals surface area contributed by atoms with Gasteiger partial charge in [0, 0.05) is 22.3 Å². The lowest BCUT2D eigenvalue weighted by Crippen LogP contribution is -2.24. The molecule has 0 aliphatic carbocycles. The molecule has 1 N–H and O–H groups in total. The molecule has 0 aliphatic heterocycles. The van der Waals surface area contributed by atoms with Crippen LogP contribution in [0.5, 0.6) is 0 Å². The average Bonchev–Trinajstić information content (AvgIpc) is 2.85. The highest BCUT2D eigenvalue weighted by Crippen LogP contribution is 2.29. The Hall–Kier alpha value is -1.45. The van der Waals surface area contributed by atoms with E-state index >= 15 is 0 Å². The fraction of sp³-hybridized carbons (Fsp3) is 0.294. The molecule has 0 aliphatic rings. The van der Waals surface area contributed by atoms with Crippen molar-refractivity contribution in [2.75, 3.05) is 6.54 Å². The number of thiophene rings is 1. The number of benzene rings is 1. The number of hydrogen-bond donors (Lipinski definition) is 1. The Bertz CT molecular complexity index is 581. The molecule has 0 saturated heterocycles. The molecule has 1 nitrogen and oxygen atoms in total. The minimum absolute atomic E-state index is 0.193. The van der Waals surface area contributed by atoms with Crippen LogP contribution in [-0.2, 0) is 0 Å². The maximum atomic E-state index is 12.9. The van der Waals surface area contributed by atoms with Gasteiger partial charge in [-0.3, -0.25) is 0 Å². The molecule has 0 saturated carbocycles. The molecule has 1 aromatic carbocycles. The highest BCUT2D eigenvalue weighted by molar-refractivity contribution is 7.16. The molecule has 0 atom stereocenters. The van der Waals surface area contributed by atoms with Gasteiger partial charge in [-0.2, -0.15) is 0 Å². The van der Waals surface area contributed by atoms with E-state index in [0.29, 0.717) is 6.04 Å². The summed E-state index contributed by atoms with van der Waals surface area (Å²) in [4.78, 5) is 2.40. The zero-order chi connectivity index (χ0) is 14.5. The lowest BCUT2D eigenvalue weighted by atomic mass is 10.2. The first-order valence-corrected chi connectivity index (χ1v) is 7.62. The topological polar surface area (TPSA) is 12.0 Å². The highest BCUT2D eigenvalue weighted by Gasteiger charge is 2.02. The Morgan fingerprint density at radius 2 is 1.90 bits per heavy atom. The number of hydrogen-bond acceptors (Lipinski definition) is 2. The summed E-state index contributed by atoms with van der Waals surface area (Å²) in [7, 11) is 0. The lowest BCUT2D eigenvalue weighted by molar-refractivity contribution is 0.623. The lowest BCUT2D eigenvalue weighted by Gasteiger charge is -2.07. The zero-order valence-corrected chi connectivity index (χ0v) is 12.9. The van der Waals surface area contributed by atoms with Crippen molar-refractivity contribution in [3.8, 4) is 10.4 Å². The number of rotatable bonds is 5. The van der Waals surface area contributed by atoms with Gasteiger partial charge in [0.05, 0.1) is 0 Å². The van der Waals surface area contributed by atoms with Gasteiger partial charge in [-0.15, -0.1) is 11.3 Å². The highest BCUT2D eigenvalue weighted by atomic mass is 32.1. The molecule has 20 heavy (non-hydrogen) atoms. The third kappa shape index (κ3) is 4.29. The smallest absolute Gasteiger partial charge is 0.123 e. The van der Waals surface area contributed by atoms with Crippen LogP contribution < -0.4 is 5.32 Å². The molecule has 0 fully saturated rings. The number of halogens is 1. The second-order valence-electron chi connectivity index (χ2n) is 5.24. The second-order valence-corrected chi connectivity index (χ2v) is 6.35. The van der Waals surface area contributed by atoms with Crippen molar-refractivity contribution in [3.05, 3.63) is 52.7 Å². The van der Waals surface area contributed by atoms with Crippen molar-refractivity contribution in [1.82, 2.24) is 5.32 Å². The van der Waals surface area contributed by atoms with E-state index in [2.05, 4.69) is 44.3 Å². The van der Waals surface area contributed by atoms with Crippen LogP contribution >= 0.6 is 11.3 Å². The first kappa shape index (κ1) is 14.9. The van der Waals surface area contributed by atoms with Gasteiger partial charge in [0.25, 0.3) is 0 Å². The maximum Gasteiger partial charge on any atom is 0.123 e. The van der Waals surface area contributed by atoms with E-state index in [0.717, 1.165) is 12.1 Å². The van der Waals surface area contributed by atoms with Crippen molar-refractivity contribution in [3.63, 3.8) is 0 Å². The van der Waals surface area contributed by atoms with Crippen LogP contribution in [0.2, 0.25) is 0 Å². The monoisotopic (exact) mass is 289 g/mol. The molecule has 106 valence electrons. The Morgan fingerprint density at radius 3 is 2.55 bits per heavy atom. The fourth-order valence-electron chi connectivity index (χ4n) is 1.86. The molecule has 0 radical (unpaired) electrons. The largest absolute Gasteiger partial charge is 0.311 e. The molecule has 0 unspecified atom stereocenters. The van der Waals surface area contributed by atoms with E-state index in [9.17, 15) is 4.39 Å². The van der Waals surface area contributed by atoms with Crippen LogP contribution in [0.1, 0.15) is 25.6 Å². The first-order valence-electron chi connectivity index (χ1n) is 6.81. The third-order valence-electron chi connectivity index (χ3n) is 2.93. The van der Waals surface area contributed by atoms with E-state index in [1.807, 2.05) is 12.1 Å². The van der Waals surface area contributed by atoms with Gasteiger partial charge in [-0.25, -0.2) is 4.39 Å². The van der Waals surface area contributed by atoms with Gasteiger partial charge in [0.1, 0.15) is 5.82 Å². The molecule has 1 aromatic heterocycles. The third-order valence-corrected chi connectivity index (χ3v) is 4.01. The van der Waals surface area contributed by atoms with Gasteiger partial charge >= 0.3 is 0 Å². The summed E-state index contributed by atoms with van der Waals surface area (Å²) in [5.74, 6) is -0.193. The SMILES string of the molecule is CC(=Cc1ccc(-c2ccc(F)cc2)s1)CNC(C)C. The molecular weight excluding hydrogens is 269 g/mol. The van der Waals surface area contributed by atoms with E-state index in [4.69, 9.17) is 0 Å². The van der Waals surface area contributed by atoms with Crippen molar-refractivity contribution < 1.29 is 4.39 Å². The van der Waals surface area contributed by atoms with Crippen LogP contribution in [0.15, 0.2) is 42.0 Å². The molecule has 3 heteroatoms. The zero-order valence-electron chi connectivity index (χ0n) is 12.1. The van der Waals surface area contributed by atoms with Crippen LogP contribution in [0.25, 0.3) is 16.5 Å². The molecular formula is C17H20FNS. The van der Waals surface area contributed by atoms with Crippen LogP contribution in [0.4, 0.5) is 4.39 Å². The summed E-state index contributed by atoms with van der Waals surface area (Å²) < 4.78 is 12.9. The van der Waals surface area contributed by atoms with Gasteiger partial charge in [0.2, 0.25) is 0 Å². The predicted molar refractivity (Wildman–Crippen MR) is 86.5 cm³/mol. The van der Waals surface area contributed by atoms with Crippen LogP contribution in [0.3, 0.4) is 0 Å². The summed E-state index contributed by atoms with van der Waals surface area (Å²) in [5, 5.41) is 3.40. The molecule has 0 amide bonds. The normalized spacial score (nSPS) is 12.2. The molecule has 2 rings (SSSR count). The van der Waals surface area contributed by atoms with Gasteiger partial charge in [-0.1, -0.05) is 31.6 Å². The summed E-state index contributed by atoms with van der Waals surface area (Å²) in [5.41, 5.74) is 2.38. The minimum atomic E-state index is -0.193. The Morgan fingerprint density at radius 1 is 1.20 bits per heavy atom. The van der Waals surface area contributed by atoms with Crippen LogP contribution in [-0.4, -0.2) is 12.6 Å². The van der Waals surface area contributed by atoms with Gasteiger partial charge < -0.3 is 5.32 Å². The second kappa shape index (κ2) is 6.82. The average molecular weight is 289 g/mol. The summed E-state index contributed by atoms with van der Waals surface area (Å²) >= 11 is 1.73. The molecule has 1 heterocycles. The molecule has 0 spiro atoms. The van der Waals surface area contributed by atoms with Gasteiger partial charge in [0.15, 0.2) is 0 Å². The fourth-order valence-corrected chi connectivity index (χ4v) is 2.90. The van der Waals surface area contributed by atoms with E-state index < -0.39 is 0 Å². The van der Waals surface area contributed by atoms with E-state index in [1.54, 1.807) is 11.3 Å².